The summed E-state index contributed by atoms with van der Waals surface area (Å²) in [6.45, 7) is 6.57. The molecule has 1 atom stereocenters. The standard InChI is InChI=1S/C12H25N3O/c1-3-11(4-2)14-12(16)9-15-7-5-6-10(13)8-15/h10-11H,3-9,13H2,1-2H3,(H,14,16)/t10-/m1/s1. The lowest BCUT2D eigenvalue weighted by Gasteiger charge is -2.30. The third-order valence-corrected chi connectivity index (χ3v) is 3.26. The van der Waals surface area contributed by atoms with E-state index in [1.54, 1.807) is 0 Å². The van der Waals surface area contributed by atoms with Crippen molar-refractivity contribution in [1.29, 1.82) is 0 Å². The van der Waals surface area contributed by atoms with Crippen molar-refractivity contribution >= 4 is 5.91 Å². The van der Waals surface area contributed by atoms with Gasteiger partial charge in [0.25, 0.3) is 0 Å². The number of nitrogens with zero attached hydrogens (tertiary/aromatic N) is 1. The van der Waals surface area contributed by atoms with Crippen LogP contribution in [0.4, 0.5) is 0 Å². The highest BCUT2D eigenvalue weighted by molar-refractivity contribution is 5.78. The molecule has 1 aliphatic rings. The fourth-order valence-electron chi connectivity index (χ4n) is 2.20. The average molecular weight is 227 g/mol. The predicted molar refractivity (Wildman–Crippen MR) is 66.2 cm³/mol. The number of hydrogen-bond donors (Lipinski definition) is 2. The van der Waals surface area contributed by atoms with E-state index in [9.17, 15) is 4.79 Å². The van der Waals surface area contributed by atoms with E-state index in [1.165, 1.54) is 0 Å². The third-order valence-electron chi connectivity index (χ3n) is 3.26. The van der Waals surface area contributed by atoms with Gasteiger partial charge in [0.2, 0.25) is 5.91 Å². The Morgan fingerprint density at radius 2 is 2.19 bits per heavy atom. The Bertz CT molecular complexity index is 216. The van der Waals surface area contributed by atoms with Gasteiger partial charge in [-0.1, -0.05) is 13.8 Å². The first-order valence-corrected chi connectivity index (χ1v) is 6.43. The predicted octanol–water partition coefficient (Wildman–Crippen LogP) is 0.714. The number of amides is 1. The topological polar surface area (TPSA) is 58.4 Å². The Hall–Kier alpha value is -0.610. The van der Waals surface area contributed by atoms with Gasteiger partial charge in [-0.3, -0.25) is 9.69 Å². The van der Waals surface area contributed by atoms with Gasteiger partial charge in [-0.05, 0) is 32.2 Å². The number of nitrogens with two attached hydrogens (primary N) is 1. The first-order chi connectivity index (χ1) is 7.65. The summed E-state index contributed by atoms with van der Waals surface area (Å²) < 4.78 is 0. The zero-order chi connectivity index (χ0) is 12.0. The van der Waals surface area contributed by atoms with Crippen molar-refractivity contribution in [3.05, 3.63) is 0 Å². The molecule has 1 fully saturated rings. The number of piperidine rings is 1. The molecule has 0 spiro atoms. The highest BCUT2D eigenvalue weighted by atomic mass is 16.2. The second-order valence-corrected chi connectivity index (χ2v) is 4.72. The van der Waals surface area contributed by atoms with Crippen LogP contribution >= 0.6 is 0 Å². The molecule has 1 heterocycles. The van der Waals surface area contributed by atoms with Gasteiger partial charge in [-0.25, -0.2) is 0 Å². The van der Waals surface area contributed by atoms with Crippen LogP contribution in [0.15, 0.2) is 0 Å². The molecule has 0 saturated carbocycles. The van der Waals surface area contributed by atoms with Gasteiger partial charge in [0.15, 0.2) is 0 Å². The van der Waals surface area contributed by atoms with Crippen molar-refractivity contribution < 1.29 is 4.79 Å². The molecule has 1 rings (SSSR count). The number of carbonyl (C=O) groups is 1. The number of likely N-dealkylation sites (tertiary alicyclic amines) is 1. The van der Waals surface area contributed by atoms with Crippen molar-refractivity contribution in [3.63, 3.8) is 0 Å². The molecule has 0 aliphatic carbocycles. The number of carbonyl (C=O) groups excluding carboxylic acids is 1. The minimum atomic E-state index is 0.141. The van der Waals surface area contributed by atoms with Gasteiger partial charge in [-0.2, -0.15) is 0 Å². The summed E-state index contributed by atoms with van der Waals surface area (Å²) in [4.78, 5) is 13.9. The van der Waals surface area contributed by atoms with Gasteiger partial charge < -0.3 is 11.1 Å². The molecule has 4 heteroatoms. The Kier molecular flexibility index (Phi) is 5.77. The lowest BCUT2D eigenvalue weighted by Crippen LogP contribution is -2.48. The summed E-state index contributed by atoms with van der Waals surface area (Å²) >= 11 is 0. The van der Waals surface area contributed by atoms with E-state index >= 15 is 0 Å². The van der Waals surface area contributed by atoms with Crippen molar-refractivity contribution in [2.24, 2.45) is 5.73 Å². The number of hydrogen-bond acceptors (Lipinski definition) is 3. The lowest BCUT2D eigenvalue weighted by molar-refractivity contribution is -0.123. The van der Waals surface area contributed by atoms with Gasteiger partial charge in [0.1, 0.15) is 0 Å². The van der Waals surface area contributed by atoms with Crippen LogP contribution in [-0.4, -0.2) is 42.5 Å². The molecule has 4 nitrogen and oxygen atoms in total. The average Bonchev–Trinajstić information content (AvgIpc) is 2.26. The Morgan fingerprint density at radius 1 is 1.50 bits per heavy atom. The van der Waals surface area contributed by atoms with Gasteiger partial charge in [-0.15, -0.1) is 0 Å². The summed E-state index contributed by atoms with van der Waals surface area (Å²) in [6.07, 6.45) is 4.20. The van der Waals surface area contributed by atoms with Gasteiger partial charge in [0.05, 0.1) is 6.54 Å². The molecule has 0 bridgehead atoms. The molecule has 16 heavy (non-hydrogen) atoms. The van der Waals surface area contributed by atoms with Gasteiger partial charge >= 0.3 is 0 Å². The van der Waals surface area contributed by atoms with Crippen molar-refractivity contribution in [3.8, 4) is 0 Å². The minimum Gasteiger partial charge on any atom is -0.352 e. The highest BCUT2D eigenvalue weighted by Crippen LogP contribution is 2.07. The van der Waals surface area contributed by atoms with E-state index < -0.39 is 0 Å². The number of rotatable bonds is 5. The molecule has 94 valence electrons. The Balaban J connectivity index is 2.27. The second-order valence-electron chi connectivity index (χ2n) is 4.72. The van der Waals surface area contributed by atoms with Crippen molar-refractivity contribution in [1.82, 2.24) is 10.2 Å². The summed E-state index contributed by atoms with van der Waals surface area (Å²) in [5.74, 6) is 0.141. The van der Waals surface area contributed by atoms with Crippen LogP contribution < -0.4 is 11.1 Å². The smallest absolute Gasteiger partial charge is 0.234 e. The molecular weight excluding hydrogens is 202 g/mol. The van der Waals surface area contributed by atoms with Crippen LogP contribution in [0.25, 0.3) is 0 Å². The van der Waals surface area contributed by atoms with E-state index in [1.807, 2.05) is 0 Å². The molecule has 3 N–H and O–H groups in total. The summed E-state index contributed by atoms with van der Waals surface area (Å²) in [5, 5.41) is 3.06. The maximum Gasteiger partial charge on any atom is 0.234 e. The van der Waals surface area contributed by atoms with Crippen LogP contribution in [0.3, 0.4) is 0 Å². The first-order valence-electron chi connectivity index (χ1n) is 6.43. The van der Waals surface area contributed by atoms with Crippen LogP contribution in [0, 0.1) is 0 Å². The van der Waals surface area contributed by atoms with Gasteiger partial charge in [0, 0.05) is 18.6 Å². The van der Waals surface area contributed by atoms with Crippen molar-refractivity contribution in [2.45, 2.75) is 51.6 Å². The lowest BCUT2D eigenvalue weighted by atomic mass is 10.1. The monoisotopic (exact) mass is 227 g/mol. The van der Waals surface area contributed by atoms with Crippen molar-refractivity contribution in [2.75, 3.05) is 19.6 Å². The maximum absolute atomic E-state index is 11.8. The second kappa shape index (κ2) is 6.86. The first kappa shape index (κ1) is 13.5. The highest BCUT2D eigenvalue weighted by Gasteiger charge is 2.19. The molecule has 0 aromatic rings. The largest absolute Gasteiger partial charge is 0.352 e. The molecule has 1 aliphatic heterocycles. The zero-order valence-electron chi connectivity index (χ0n) is 10.5. The normalized spacial score (nSPS) is 22.4. The van der Waals surface area contributed by atoms with E-state index in [-0.39, 0.29) is 11.9 Å². The molecule has 1 amide bonds. The molecule has 0 unspecified atom stereocenters. The maximum atomic E-state index is 11.8. The summed E-state index contributed by atoms with van der Waals surface area (Å²) in [5.41, 5.74) is 5.88. The zero-order valence-corrected chi connectivity index (χ0v) is 10.5. The quantitative estimate of drug-likeness (QED) is 0.727. The molecule has 1 saturated heterocycles. The Morgan fingerprint density at radius 3 is 2.75 bits per heavy atom. The number of nitrogens with one attached hydrogen (secondary N) is 1. The van der Waals surface area contributed by atoms with Crippen LogP contribution in [-0.2, 0) is 4.79 Å². The molecular formula is C12H25N3O. The van der Waals surface area contributed by atoms with Crippen LogP contribution in [0.1, 0.15) is 39.5 Å². The van der Waals surface area contributed by atoms with E-state index in [2.05, 4.69) is 24.1 Å². The third kappa shape index (κ3) is 4.49. The Labute approximate surface area is 98.6 Å². The summed E-state index contributed by atoms with van der Waals surface area (Å²) in [6, 6.07) is 0.570. The van der Waals surface area contributed by atoms with Crippen LogP contribution in [0.5, 0.6) is 0 Å². The SMILES string of the molecule is CCC(CC)NC(=O)CN1CCC[C@@H](N)C1. The fourth-order valence-corrected chi connectivity index (χ4v) is 2.20. The molecule has 0 aromatic heterocycles. The fraction of sp³-hybridized carbons (Fsp3) is 0.917. The minimum absolute atomic E-state index is 0.141. The molecule has 0 radical (unpaired) electrons. The van der Waals surface area contributed by atoms with E-state index in [0.717, 1.165) is 38.8 Å². The summed E-state index contributed by atoms with van der Waals surface area (Å²) in [7, 11) is 0. The van der Waals surface area contributed by atoms with E-state index in [0.29, 0.717) is 12.6 Å². The molecule has 0 aromatic carbocycles. The van der Waals surface area contributed by atoms with E-state index in [4.69, 9.17) is 5.73 Å². The van der Waals surface area contributed by atoms with Crippen LogP contribution in [0.2, 0.25) is 0 Å².